The molecule has 1 amide bonds. The molecule has 0 spiro atoms. The summed E-state index contributed by atoms with van der Waals surface area (Å²) in [5.41, 5.74) is 0.434. The van der Waals surface area contributed by atoms with Crippen LogP contribution in [0.15, 0.2) is 75.1 Å². The number of nitrogens with zero attached hydrogens (tertiary/aromatic N) is 1. The van der Waals surface area contributed by atoms with Crippen molar-refractivity contribution in [3.05, 3.63) is 77.4 Å². The molecule has 0 radical (unpaired) electrons. The number of halogens is 1. The normalized spacial score (nSPS) is 12.8. The molecule has 0 aliphatic rings. The zero-order valence-electron chi connectivity index (χ0n) is 17.9. The van der Waals surface area contributed by atoms with Crippen LogP contribution < -0.4 is 9.62 Å². The van der Waals surface area contributed by atoms with E-state index in [-0.39, 0.29) is 14.8 Å². The molecule has 3 rings (SSSR count). The maximum atomic E-state index is 14.5. The molecule has 7 nitrogen and oxygen atoms in total. The number of nitrogens with one attached hydrogen (secondary N) is 1. The van der Waals surface area contributed by atoms with Crippen LogP contribution in [0.25, 0.3) is 0 Å². The van der Waals surface area contributed by atoms with Crippen LogP contribution in [0.1, 0.15) is 24.9 Å². The highest BCUT2D eigenvalue weighted by molar-refractivity contribution is 7.94. The van der Waals surface area contributed by atoms with Gasteiger partial charge in [0.05, 0.1) is 16.6 Å². The summed E-state index contributed by atoms with van der Waals surface area (Å²) in [6.45, 7) is 1.20. The molecule has 11 heteroatoms. The summed E-state index contributed by atoms with van der Waals surface area (Å²) in [6.07, 6.45) is 1.58. The number of amides is 1. The lowest BCUT2D eigenvalue weighted by Gasteiger charge is -2.25. The number of rotatable bonds is 9. The Balaban J connectivity index is 1.87. The first-order valence-electron chi connectivity index (χ1n) is 9.94. The van der Waals surface area contributed by atoms with E-state index >= 15 is 0 Å². The average Bonchev–Trinajstić information content (AvgIpc) is 3.32. The summed E-state index contributed by atoms with van der Waals surface area (Å²) in [5.74, 6) is -1.40. The van der Waals surface area contributed by atoms with Crippen LogP contribution in [-0.2, 0) is 24.7 Å². The minimum absolute atomic E-state index is 0.0121. The highest BCUT2D eigenvalue weighted by Gasteiger charge is 2.30. The van der Waals surface area contributed by atoms with Crippen molar-refractivity contribution in [3.8, 4) is 0 Å². The standard InChI is InChI=1S/C22H23FN2O5S3/c1-3-19(16-10-12-17(13-11-16)32(2,27)28)24-21(26)15-25(20-8-5-4-7-18(20)23)33(29,30)22-9-6-14-31-22/h4-14,19H,3,15H2,1-2H3,(H,24,26). The van der Waals surface area contributed by atoms with Crippen molar-refractivity contribution >= 4 is 42.8 Å². The Morgan fingerprint density at radius 3 is 2.24 bits per heavy atom. The zero-order chi connectivity index (χ0) is 24.2. The van der Waals surface area contributed by atoms with Crippen molar-refractivity contribution in [1.29, 1.82) is 0 Å². The van der Waals surface area contributed by atoms with Crippen LogP contribution in [0.4, 0.5) is 10.1 Å². The molecule has 1 aromatic heterocycles. The minimum Gasteiger partial charge on any atom is -0.348 e. The highest BCUT2D eigenvalue weighted by Crippen LogP contribution is 2.28. The average molecular weight is 511 g/mol. The van der Waals surface area contributed by atoms with E-state index in [9.17, 15) is 26.0 Å². The van der Waals surface area contributed by atoms with E-state index in [0.29, 0.717) is 12.0 Å². The molecule has 1 N–H and O–H groups in total. The number of para-hydroxylation sites is 1. The van der Waals surface area contributed by atoms with Crippen molar-refractivity contribution in [2.45, 2.75) is 28.5 Å². The summed E-state index contributed by atoms with van der Waals surface area (Å²) in [4.78, 5) is 13.0. The smallest absolute Gasteiger partial charge is 0.274 e. The van der Waals surface area contributed by atoms with E-state index in [1.807, 2.05) is 6.92 Å². The maximum Gasteiger partial charge on any atom is 0.274 e. The second-order valence-corrected chi connectivity index (χ2v) is 12.3. The van der Waals surface area contributed by atoms with Gasteiger partial charge in [0.1, 0.15) is 16.6 Å². The molecule has 0 bridgehead atoms. The first-order valence-corrected chi connectivity index (χ1v) is 14.1. The SMILES string of the molecule is CCC(NC(=O)CN(c1ccccc1F)S(=O)(=O)c1cccs1)c1ccc(S(C)(=O)=O)cc1. The van der Waals surface area contributed by atoms with Gasteiger partial charge in [-0.3, -0.25) is 9.10 Å². The second kappa shape index (κ2) is 10.0. The molecule has 2 aromatic carbocycles. The third-order valence-electron chi connectivity index (χ3n) is 4.90. The van der Waals surface area contributed by atoms with Crippen molar-refractivity contribution < 1.29 is 26.0 Å². The fraction of sp³-hybridized carbons (Fsp3) is 0.227. The van der Waals surface area contributed by atoms with Gasteiger partial charge in [-0.15, -0.1) is 11.3 Å². The summed E-state index contributed by atoms with van der Waals surface area (Å²) in [6, 6.07) is 13.9. The van der Waals surface area contributed by atoms with Gasteiger partial charge in [0, 0.05) is 6.26 Å². The molecule has 0 saturated carbocycles. The number of sulfone groups is 1. The molecule has 3 aromatic rings. The minimum atomic E-state index is -4.17. The lowest BCUT2D eigenvalue weighted by molar-refractivity contribution is -0.120. The Labute approximate surface area is 196 Å². The van der Waals surface area contributed by atoms with E-state index in [4.69, 9.17) is 0 Å². The number of carbonyl (C=O) groups is 1. The van der Waals surface area contributed by atoms with Crippen LogP contribution in [0.2, 0.25) is 0 Å². The third-order valence-corrected chi connectivity index (χ3v) is 9.16. The van der Waals surface area contributed by atoms with Gasteiger partial charge in [-0.2, -0.15) is 0 Å². The van der Waals surface area contributed by atoms with Gasteiger partial charge in [-0.1, -0.05) is 37.3 Å². The van der Waals surface area contributed by atoms with Crippen LogP contribution in [0.5, 0.6) is 0 Å². The number of hydrogen-bond acceptors (Lipinski definition) is 6. The number of benzene rings is 2. The van der Waals surface area contributed by atoms with Gasteiger partial charge in [0.15, 0.2) is 9.84 Å². The topological polar surface area (TPSA) is 101 Å². The molecule has 0 saturated heterocycles. The number of hydrogen-bond donors (Lipinski definition) is 1. The molecule has 0 aliphatic carbocycles. The number of carbonyl (C=O) groups excluding carboxylic acids is 1. The maximum absolute atomic E-state index is 14.5. The van der Waals surface area contributed by atoms with E-state index in [0.717, 1.165) is 28.0 Å². The van der Waals surface area contributed by atoms with Crippen molar-refractivity contribution in [2.24, 2.45) is 0 Å². The molecule has 0 fully saturated rings. The second-order valence-electron chi connectivity index (χ2n) is 7.26. The van der Waals surface area contributed by atoms with E-state index < -0.39 is 44.2 Å². The summed E-state index contributed by atoms with van der Waals surface area (Å²) >= 11 is 0.971. The number of thiophene rings is 1. The van der Waals surface area contributed by atoms with E-state index in [1.165, 1.54) is 36.4 Å². The predicted molar refractivity (Wildman–Crippen MR) is 126 cm³/mol. The highest BCUT2D eigenvalue weighted by atomic mass is 32.2. The third kappa shape index (κ3) is 5.79. The van der Waals surface area contributed by atoms with E-state index in [1.54, 1.807) is 23.6 Å². The fourth-order valence-electron chi connectivity index (χ4n) is 3.21. The van der Waals surface area contributed by atoms with Gasteiger partial charge in [0.2, 0.25) is 5.91 Å². The monoisotopic (exact) mass is 510 g/mol. The van der Waals surface area contributed by atoms with Gasteiger partial charge in [-0.05, 0) is 47.7 Å². The molecule has 1 unspecified atom stereocenters. The van der Waals surface area contributed by atoms with Crippen molar-refractivity contribution in [1.82, 2.24) is 5.32 Å². The van der Waals surface area contributed by atoms with Crippen LogP contribution in [0.3, 0.4) is 0 Å². The fourth-order valence-corrected chi connectivity index (χ4v) is 6.38. The molecular formula is C22H23FN2O5S3. The summed E-state index contributed by atoms with van der Waals surface area (Å²) < 4.78 is 64.9. The lowest BCUT2D eigenvalue weighted by Crippen LogP contribution is -2.42. The van der Waals surface area contributed by atoms with Gasteiger partial charge < -0.3 is 5.32 Å². The molecule has 33 heavy (non-hydrogen) atoms. The van der Waals surface area contributed by atoms with Crippen LogP contribution >= 0.6 is 11.3 Å². The Bertz CT molecular complexity index is 1320. The molecular weight excluding hydrogens is 487 g/mol. The summed E-state index contributed by atoms with van der Waals surface area (Å²) in [7, 11) is -7.53. The van der Waals surface area contributed by atoms with E-state index in [2.05, 4.69) is 5.32 Å². The lowest BCUT2D eigenvalue weighted by atomic mass is 10.0. The first kappa shape index (κ1) is 24.9. The summed E-state index contributed by atoms with van der Waals surface area (Å²) in [5, 5.41) is 4.35. The molecule has 0 aliphatic heterocycles. The van der Waals surface area contributed by atoms with Gasteiger partial charge >= 0.3 is 0 Å². The first-order chi connectivity index (χ1) is 15.5. The zero-order valence-corrected chi connectivity index (χ0v) is 20.4. The Hall–Kier alpha value is -2.76. The van der Waals surface area contributed by atoms with Gasteiger partial charge in [0.25, 0.3) is 10.0 Å². The number of sulfonamides is 1. The quantitative estimate of drug-likeness (QED) is 0.473. The Morgan fingerprint density at radius 1 is 1.03 bits per heavy atom. The Kier molecular flexibility index (Phi) is 7.55. The van der Waals surface area contributed by atoms with Crippen LogP contribution in [-0.4, -0.2) is 35.5 Å². The number of anilines is 1. The van der Waals surface area contributed by atoms with Crippen LogP contribution in [0, 0.1) is 5.82 Å². The molecule has 1 atom stereocenters. The largest absolute Gasteiger partial charge is 0.348 e. The Morgan fingerprint density at radius 2 is 1.70 bits per heavy atom. The predicted octanol–water partition coefficient (Wildman–Crippen LogP) is 3.75. The van der Waals surface area contributed by atoms with Crippen molar-refractivity contribution in [3.63, 3.8) is 0 Å². The van der Waals surface area contributed by atoms with Gasteiger partial charge in [-0.25, -0.2) is 21.2 Å². The van der Waals surface area contributed by atoms with Crippen molar-refractivity contribution in [2.75, 3.05) is 17.1 Å². The molecule has 176 valence electrons. The molecule has 1 heterocycles.